The fourth-order valence-electron chi connectivity index (χ4n) is 1.78. The number of anilines is 1. The second kappa shape index (κ2) is 3.96. The molecule has 3 aromatic rings. The summed E-state index contributed by atoms with van der Waals surface area (Å²) in [6.07, 6.45) is 1.30. The van der Waals surface area contributed by atoms with E-state index in [4.69, 9.17) is 17.3 Å². The van der Waals surface area contributed by atoms with Crippen molar-refractivity contribution < 1.29 is 4.39 Å². The molecule has 90 valence electrons. The molecular weight excluding hydrogens is 255 g/mol. The fourth-order valence-corrected chi connectivity index (χ4v) is 1.91. The first-order valence-electron chi connectivity index (χ1n) is 5.21. The van der Waals surface area contributed by atoms with Gasteiger partial charge in [0.15, 0.2) is 11.5 Å². The summed E-state index contributed by atoms with van der Waals surface area (Å²) in [6, 6.07) is 8.27. The van der Waals surface area contributed by atoms with Crippen molar-refractivity contribution in [2.24, 2.45) is 0 Å². The minimum Gasteiger partial charge on any atom is -0.396 e. The van der Waals surface area contributed by atoms with Crippen LogP contribution in [0.1, 0.15) is 0 Å². The zero-order valence-electron chi connectivity index (χ0n) is 9.14. The van der Waals surface area contributed by atoms with E-state index in [0.717, 1.165) is 5.56 Å². The second-order valence-electron chi connectivity index (χ2n) is 3.84. The first kappa shape index (κ1) is 11.0. The summed E-state index contributed by atoms with van der Waals surface area (Å²) in [5.41, 5.74) is 7.16. The van der Waals surface area contributed by atoms with Gasteiger partial charge in [0.2, 0.25) is 0 Å². The van der Waals surface area contributed by atoms with Gasteiger partial charge >= 0.3 is 0 Å². The molecule has 0 radical (unpaired) electrons. The molecule has 0 fully saturated rings. The summed E-state index contributed by atoms with van der Waals surface area (Å²) in [5.74, 6) is 0.0860. The van der Waals surface area contributed by atoms with Crippen LogP contribution in [-0.2, 0) is 0 Å². The van der Waals surface area contributed by atoms with Crippen molar-refractivity contribution in [3.63, 3.8) is 0 Å². The predicted molar refractivity (Wildman–Crippen MR) is 67.8 cm³/mol. The molecule has 0 saturated heterocycles. The van der Waals surface area contributed by atoms with E-state index in [-0.39, 0.29) is 5.69 Å². The topological polar surface area (TPSA) is 56.2 Å². The monoisotopic (exact) mass is 262 g/mol. The summed E-state index contributed by atoms with van der Waals surface area (Å²) in [6.45, 7) is 0. The number of hydrogen-bond acceptors (Lipinski definition) is 3. The quantitative estimate of drug-likeness (QED) is 0.734. The van der Waals surface area contributed by atoms with Crippen LogP contribution in [0.15, 0.2) is 36.5 Å². The number of fused-ring (bicyclic) bond motifs is 1. The highest BCUT2D eigenvalue weighted by atomic mass is 35.5. The standard InChI is InChI=1S/C12H8ClFN4/c13-8-3-1-7(2-4-8)11-16-17-12-10(15)5-9(14)6-18(11)12/h1-6H,15H2. The maximum atomic E-state index is 13.4. The molecule has 2 aromatic heterocycles. The maximum absolute atomic E-state index is 13.4. The summed E-state index contributed by atoms with van der Waals surface area (Å²) < 4.78 is 14.9. The van der Waals surface area contributed by atoms with Crippen LogP contribution in [-0.4, -0.2) is 14.6 Å². The number of nitrogens with zero attached hydrogens (tertiary/aromatic N) is 3. The average Bonchev–Trinajstić information content (AvgIpc) is 2.74. The third kappa shape index (κ3) is 1.69. The van der Waals surface area contributed by atoms with Crippen molar-refractivity contribution in [1.29, 1.82) is 0 Å². The van der Waals surface area contributed by atoms with E-state index < -0.39 is 5.82 Å². The smallest absolute Gasteiger partial charge is 0.184 e. The molecule has 0 unspecified atom stereocenters. The zero-order chi connectivity index (χ0) is 12.7. The van der Waals surface area contributed by atoms with Gasteiger partial charge in [-0.2, -0.15) is 0 Å². The zero-order valence-corrected chi connectivity index (χ0v) is 9.89. The molecule has 0 aliphatic carbocycles. The van der Waals surface area contributed by atoms with Crippen LogP contribution in [0.25, 0.3) is 17.0 Å². The van der Waals surface area contributed by atoms with Crippen LogP contribution in [0.3, 0.4) is 0 Å². The van der Waals surface area contributed by atoms with Gasteiger partial charge in [0.25, 0.3) is 0 Å². The number of rotatable bonds is 1. The Kier molecular flexibility index (Phi) is 2.41. The van der Waals surface area contributed by atoms with Gasteiger partial charge in [0, 0.05) is 22.8 Å². The van der Waals surface area contributed by atoms with Gasteiger partial charge < -0.3 is 5.73 Å². The van der Waals surface area contributed by atoms with Gasteiger partial charge in [-0.05, 0) is 24.3 Å². The Balaban J connectivity index is 2.27. The van der Waals surface area contributed by atoms with Crippen molar-refractivity contribution in [1.82, 2.24) is 14.6 Å². The Hall–Kier alpha value is -2.14. The number of nitrogens with two attached hydrogens (primary N) is 1. The minimum absolute atomic E-state index is 0.253. The third-order valence-electron chi connectivity index (χ3n) is 2.60. The van der Waals surface area contributed by atoms with Crippen molar-refractivity contribution in [2.75, 3.05) is 5.73 Å². The summed E-state index contributed by atoms with van der Waals surface area (Å²) in [7, 11) is 0. The molecule has 0 spiro atoms. The number of halogens is 2. The molecule has 1 aromatic carbocycles. The van der Waals surface area contributed by atoms with E-state index >= 15 is 0 Å². The van der Waals surface area contributed by atoms with Crippen LogP contribution in [0, 0.1) is 5.82 Å². The first-order valence-corrected chi connectivity index (χ1v) is 5.58. The lowest BCUT2D eigenvalue weighted by molar-refractivity contribution is 0.620. The van der Waals surface area contributed by atoms with Gasteiger partial charge in [-0.3, -0.25) is 4.40 Å². The molecule has 0 aliphatic rings. The maximum Gasteiger partial charge on any atom is 0.184 e. The van der Waals surface area contributed by atoms with Crippen LogP contribution >= 0.6 is 11.6 Å². The van der Waals surface area contributed by atoms with Crippen molar-refractivity contribution in [3.05, 3.63) is 47.4 Å². The van der Waals surface area contributed by atoms with E-state index in [1.165, 1.54) is 16.7 Å². The Morgan fingerprint density at radius 2 is 1.89 bits per heavy atom. The number of hydrogen-bond donors (Lipinski definition) is 1. The largest absolute Gasteiger partial charge is 0.396 e. The lowest BCUT2D eigenvalue weighted by atomic mass is 10.2. The molecule has 0 atom stereocenters. The molecule has 0 aliphatic heterocycles. The average molecular weight is 263 g/mol. The normalized spacial score (nSPS) is 11.0. The number of nitrogen functional groups attached to an aromatic ring is 1. The van der Waals surface area contributed by atoms with E-state index in [2.05, 4.69) is 10.2 Å². The highest BCUT2D eigenvalue weighted by Crippen LogP contribution is 2.23. The summed E-state index contributed by atoms with van der Waals surface area (Å²) in [5, 5.41) is 8.59. The van der Waals surface area contributed by atoms with Crippen molar-refractivity contribution >= 4 is 22.9 Å². The Morgan fingerprint density at radius 3 is 2.61 bits per heavy atom. The van der Waals surface area contributed by atoms with Crippen molar-refractivity contribution in [3.8, 4) is 11.4 Å². The van der Waals surface area contributed by atoms with Gasteiger partial charge in [0.1, 0.15) is 5.82 Å². The van der Waals surface area contributed by atoms with E-state index in [1.54, 1.807) is 24.3 Å². The molecule has 0 saturated carbocycles. The molecule has 2 N–H and O–H groups in total. The highest BCUT2D eigenvalue weighted by molar-refractivity contribution is 6.30. The van der Waals surface area contributed by atoms with E-state index in [1.807, 2.05) is 0 Å². The molecular formula is C12H8ClFN4. The molecule has 4 nitrogen and oxygen atoms in total. The summed E-state index contributed by atoms with van der Waals surface area (Å²) >= 11 is 5.82. The van der Waals surface area contributed by atoms with Crippen LogP contribution in [0.5, 0.6) is 0 Å². The third-order valence-corrected chi connectivity index (χ3v) is 2.85. The van der Waals surface area contributed by atoms with Gasteiger partial charge in [-0.25, -0.2) is 4.39 Å². The van der Waals surface area contributed by atoms with Gasteiger partial charge in [-0.1, -0.05) is 11.6 Å². The Morgan fingerprint density at radius 1 is 1.17 bits per heavy atom. The SMILES string of the molecule is Nc1cc(F)cn2c(-c3ccc(Cl)cc3)nnc12. The van der Waals surface area contributed by atoms with Crippen LogP contribution in [0.4, 0.5) is 10.1 Å². The lowest BCUT2D eigenvalue weighted by Crippen LogP contribution is -1.96. The number of aromatic nitrogens is 3. The molecule has 6 heteroatoms. The minimum atomic E-state index is -0.435. The number of benzene rings is 1. The lowest BCUT2D eigenvalue weighted by Gasteiger charge is -2.02. The van der Waals surface area contributed by atoms with E-state index in [0.29, 0.717) is 16.5 Å². The van der Waals surface area contributed by atoms with E-state index in [9.17, 15) is 4.39 Å². The number of pyridine rings is 1. The Bertz CT molecular complexity index is 721. The molecule has 18 heavy (non-hydrogen) atoms. The highest BCUT2D eigenvalue weighted by Gasteiger charge is 2.11. The van der Waals surface area contributed by atoms with Crippen LogP contribution in [0.2, 0.25) is 5.02 Å². The summed E-state index contributed by atoms with van der Waals surface area (Å²) in [4.78, 5) is 0. The fraction of sp³-hybridized carbons (Fsp3) is 0. The predicted octanol–water partition coefficient (Wildman–Crippen LogP) is 2.77. The van der Waals surface area contributed by atoms with Crippen LogP contribution < -0.4 is 5.73 Å². The molecule has 0 bridgehead atoms. The Labute approximate surface area is 107 Å². The van der Waals surface area contributed by atoms with Gasteiger partial charge in [0.05, 0.1) is 5.69 Å². The first-order chi connectivity index (χ1) is 8.65. The molecule has 2 heterocycles. The molecule has 0 amide bonds. The molecule has 3 rings (SSSR count). The van der Waals surface area contributed by atoms with Crippen molar-refractivity contribution in [2.45, 2.75) is 0 Å². The second-order valence-corrected chi connectivity index (χ2v) is 4.27. The van der Waals surface area contributed by atoms with Gasteiger partial charge in [-0.15, -0.1) is 10.2 Å².